The fraction of sp³-hybridized carbons (Fsp3) is 0.455. The van der Waals surface area contributed by atoms with Crippen LogP contribution in [0.2, 0.25) is 0 Å². The molecule has 0 aromatic heterocycles. The van der Waals surface area contributed by atoms with Crippen LogP contribution >= 0.6 is 0 Å². The third-order valence-corrected chi connectivity index (χ3v) is 2.99. The van der Waals surface area contributed by atoms with Crippen molar-refractivity contribution in [3.8, 4) is 0 Å². The SMILES string of the molecule is [B]c1ccc([C@@H]2CCC(N)(N)C2)cc1. The van der Waals surface area contributed by atoms with Crippen LogP contribution < -0.4 is 16.9 Å². The number of hydrogen-bond acceptors (Lipinski definition) is 2. The standard InChI is InChI=1S/C11H15BN2/c12-10-3-1-8(2-4-10)9-5-6-11(13,14)7-9/h1-4,9H,5-7,13-14H2/t9-/m1/s1. The van der Waals surface area contributed by atoms with Gasteiger partial charge in [-0.25, -0.2) is 0 Å². The van der Waals surface area contributed by atoms with Gasteiger partial charge in [-0.1, -0.05) is 29.7 Å². The molecule has 14 heavy (non-hydrogen) atoms. The zero-order valence-electron chi connectivity index (χ0n) is 8.24. The summed E-state index contributed by atoms with van der Waals surface area (Å²) in [6, 6.07) is 8.01. The van der Waals surface area contributed by atoms with E-state index in [-0.39, 0.29) is 0 Å². The van der Waals surface area contributed by atoms with Crippen LogP contribution in [0.3, 0.4) is 0 Å². The van der Waals surface area contributed by atoms with Crippen molar-refractivity contribution in [2.24, 2.45) is 11.5 Å². The summed E-state index contributed by atoms with van der Waals surface area (Å²) in [4.78, 5) is 0. The Hall–Kier alpha value is -0.795. The molecule has 2 nitrogen and oxygen atoms in total. The Labute approximate surface area is 86.1 Å². The van der Waals surface area contributed by atoms with Crippen molar-refractivity contribution < 1.29 is 0 Å². The molecule has 1 aromatic rings. The molecule has 3 heteroatoms. The molecule has 2 rings (SSSR count). The summed E-state index contributed by atoms with van der Waals surface area (Å²) >= 11 is 0. The van der Waals surface area contributed by atoms with E-state index in [1.54, 1.807) is 0 Å². The van der Waals surface area contributed by atoms with E-state index in [0.29, 0.717) is 5.92 Å². The summed E-state index contributed by atoms with van der Waals surface area (Å²) in [7, 11) is 5.63. The highest BCUT2D eigenvalue weighted by Crippen LogP contribution is 2.36. The zero-order chi connectivity index (χ0) is 10.2. The lowest BCUT2D eigenvalue weighted by atomic mass is 9.90. The molecule has 4 N–H and O–H groups in total. The molecule has 0 aliphatic heterocycles. The van der Waals surface area contributed by atoms with E-state index in [1.807, 2.05) is 12.1 Å². The first-order chi connectivity index (χ1) is 6.57. The Balaban J connectivity index is 2.14. The van der Waals surface area contributed by atoms with Crippen LogP contribution in [0.1, 0.15) is 30.7 Å². The first kappa shape index (κ1) is 9.75. The van der Waals surface area contributed by atoms with Gasteiger partial charge in [-0.2, -0.15) is 0 Å². The van der Waals surface area contributed by atoms with Crippen molar-refractivity contribution in [1.29, 1.82) is 0 Å². The van der Waals surface area contributed by atoms with Crippen molar-refractivity contribution in [2.75, 3.05) is 0 Å². The van der Waals surface area contributed by atoms with E-state index in [1.165, 1.54) is 5.56 Å². The molecule has 1 aliphatic rings. The molecule has 0 heterocycles. The monoisotopic (exact) mass is 186 g/mol. The third kappa shape index (κ3) is 1.99. The average molecular weight is 186 g/mol. The molecule has 1 aliphatic carbocycles. The summed E-state index contributed by atoms with van der Waals surface area (Å²) in [6.07, 6.45) is 2.86. The Kier molecular flexibility index (Phi) is 2.37. The molecule has 0 spiro atoms. The highest BCUT2D eigenvalue weighted by atomic mass is 15.0. The van der Waals surface area contributed by atoms with E-state index in [4.69, 9.17) is 19.3 Å². The third-order valence-electron chi connectivity index (χ3n) is 2.99. The molecular formula is C11H15BN2. The van der Waals surface area contributed by atoms with Gasteiger partial charge in [0.2, 0.25) is 0 Å². The number of hydrogen-bond donors (Lipinski definition) is 2. The summed E-state index contributed by atoms with van der Waals surface area (Å²) in [6.45, 7) is 0. The minimum Gasteiger partial charge on any atom is -0.313 e. The van der Waals surface area contributed by atoms with Gasteiger partial charge in [0.15, 0.2) is 0 Å². The zero-order valence-corrected chi connectivity index (χ0v) is 8.24. The molecule has 0 unspecified atom stereocenters. The molecule has 0 amide bonds. The van der Waals surface area contributed by atoms with Crippen LogP contribution in [0.4, 0.5) is 0 Å². The van der Waals surface area contributed by atoms with Crippen LogP contribution in [-0.4, -0.2) is 13.5 Å². The fourth-order valence-corrected chi connectivity index (χ4v) is 2.16. The Morgan fingerprint density at radius 1 is 1.21 bits per heavy atom. The summed E-state index contributed by atoms with van der Waals surface area (Å²) in [5.41, 5.74) is 13.4. The van der Waals surface area contributed by atoms with E-state index in [0.717, 1.165) is 24.7 Å². The molecule has 1 aromatic carbocycles. The summed E-state index contributed by atoms with van der Waals surface area (Å²) < 4.78 is 0. The summed E-state index contributed by atoms with van der Waals surface area (Å²) in [5.74, 6) is 0.505. The predicted molar refractivity (Wildman–Crippen MR) is 59.5 cm³/mol. The number of rotatable bonds is 1. The van der Waals surface area contributed by atoms with E-state index in [2.05, 4.69) is 12.1 Å². The van der Waals surface area contributed by atoms with Gasteiger partial charge < -0.3 is 11.5 Å². The molecule has 1 saturated carbocycles. The van der Waals surface area contributed by atoms with Crippen molar-refractivity contribution in [3.63, 3.8) is 0 Å². The first-order valence-corrected chi connectivity index (χ1v) is 5.00. The summed E-state index contributed by atoms with van der Waals surface area (Å²) in [5, 5.41) is 0. The van der Waals surface area contributed by atoms with Crippen LogP contribution in [-0.2, 0) is 0 Å². The molecule has 2 radical (unpaired) electrons. The molecule has 72 valence electrons. The largest absolute Gasteiger partial charge is 0.313 e. The van der Waals surface area contributed by atoms with E-state index >= 15 is 0 Å². The topological polar surface area (TPSA) is 52.0 Å². The smallest absolute Gasteiger partial charge is 0.113 e. The number of nitrogens with two attached hydrogens (primary N) is 2. The Morgan fingerprint density at radius 2 is 1.86 bits per heavy atom. The minimum atomic E-state index is -0.466. The van der Waals surface area contributed by atoms with E-state index < -0.39 is 5.66 Å². The quantitative estimate of drug-likeness (QED) is 0.491. The lowest BCUT2D eigenvalue weighted by Crippen LogP contribution is -2.46. The van der Waals surface area contributed by atoms with Gasteiger partial charge in [-0.3, -0.25) is 0 Å². The maximum Gasteiger partial charge on any atom is 0.113 e. The first-order valence-electron chi connectivity index (χ1n) is 5.00. The van der Waals surface area contributed by atoms with Gasteiger partial charge in [0.25, 0.3) is 0 Å². The molecular weight excluding hydrogens is 171 g/mol. The molecule has 0 bridgehead atoms. The van der Waals surface area contributed by atoms with Gasteiger partial charge in [0.05, 0.1) is 5.66 Å². The van der Waals surface area contributed by atoms with Gasteiger partial charge in [0, 0.05) is 0 Å². The van der Waals surface area contributed by atoms with Gasteiger partial charge >= 0.3 is 0 Å². The normalized spacial score (nSPS) is 25.1. The minimum absolute atomic E-state index is 0.466. The lowest BCUT2D eigenvalue weighted by molar-refractivity contribution is 0.452. The molecule has 1 atom stereocenters. The molecule has 1 fully saturated rings. The van der Waals surface area contributed by atoms with Crippen LogP contribution in [0.5, 0.6) is 0 Å². The van der Waals surface area contributed by atoms with Crippen LogP contribution in [0.15, 0.2) is 24.3 Å². The van der Waals surface area contributed by atoms with E-state index in [9.17, 15) is 0 Å². The highest BCUT2D eigenvalue weighted by Gasteiger charge is 2.32. The van der Waals surface area contributed by atoms with Gasteiger partial charge in [-0.15, -0.1) is 0 Å². The van der Waals surface area contributed by atoms with Crippen molar-refractivity contribution in [3.05, 3.63) is 29.8 Å². The van der Waals surface area contributed by atoms with Gasteiger partial charge in [-0.05, 0) is 30.7 Å². The average Bonchev–Trinajstić information content (AvgIpc) is 2.47. The second-order valence-electron chi connectivity index (χ2n) is 4.34. The maximum atomic E-state index is 5.89. The second kappa shape index (κ2) is 3.41. The van der Waals surface area contributed by atoms with Gasteiger partial charge in [0.1, 0.15) is 7.85 Å². The van der Waals surface area contributed by atoms with Crippen molar-refractivity contribution >= 4 is 13.3 Å². The van der Waals surface area contributed by atoms with Crippen molar-refractivity contribution in [1.82, 2.24) is 0 Å². The van der Waals surface area contributed by atoms with Crippen LogP contribution in [0.25, 0.3) is 0 Å². The Morgan fingerprint density at radius 3 is 2.36 bits per heavy atom. The second-order valence-corrected chi connectivity index (χ2v) is 4.34. The fourth-order valence-electron chi connectivity index (χ4n) is 2.16. The number of benzene rings is 1. The predicted octanol–water partition coefficient (Wildman–Crippen LogP) is 0.362. The maximum absolute atomic E-state index is 5.89. The van der Waals surface area contributed by atoms with Crippen LogP contribution in [0, 0.1) is 0 Å². The highest BCUT2D eigenvalue weighted by molar-refractivity contribution is 6.32. The molecule has 0 saturated heterocycles. The van der Waals surface area contributed by atoms with Crippen molar-refractivity contribution in [2.45, 2.75) is 30.8 Å². The lowest BCUT2D eigenvalue weighted by Gasteiger charge is -2.17. The Bertz CT molecular complexity index is 319.